The van der Waals surface area contributed by atoms with Gasteiger partial charge in [-0.1, -0.05) is 30.3 Å². The number of benzene rings is 2. The molecule has 0 aliphatic carbocycles. The van der Waals surface area contributed by atoms with Gasteiger partial charge in [-0.05, 0) is 43.3 Å². The van der Waals surface area contributed by atoms with Gasteiger partial charge in [-0.15, -0.1) is 0 Å². The highest BCUT2D eigenvalue weighted by Gasteiger charge is 2.32. The van der Waals surface area contributed by atoms with Gasteiger partial charge in [0.1, 0.15) is 11.4 Å². The average Bonchev–Trinajstić information content (AvgIpc) is 3.36. The van der Waals surface area contributed by atoms with E-state index in [9.17, 15) is 18.0 Å². The largest absolute Gasteiger partial charge is 0.496 e. The molecule has 38 heavy (non-hydrogen) atoms. The number of amides is 1. The molecule has 1 atom stereocenters. The van der Waals surface area contributed by atoms with Crippen LogP contribution in [0.25, 0.3) is 5.65 Å². The number of hydrogen-bond acceptors (Lipinski definition) is 4. The topological polar surface area (TPSA) is 50.1 Å². The van der Waals surface area contributed by atoms with E-state index >= 15 is 0 Å². The number of halogens is 3. The fourth-order valence-electron chi connectivity index (χ4n) is 5.20. The Labute approximate surface area is 219 Å². The third-order valence-corrected chi connectivity index (χ3v) is 7.17. The normalized spacial score (nSPS) is 15.1. The Morgan fingerprint density at radius 3 is 2.47 bits per heavy atom. The summed E-state index contributed by atoms with van der Waals surface area (Å²) in [5, 5.41) is 0. The lowest BCUT2D eigenvalue weighted by molar-refractivity contribution is -0.137. The summed E-state index contributed by atoms with van der Waals surface area (Å²) in [6.07, 6.45) is -2.36. The Balaban J connectivity index is 1.37. The number of imidazole rings is 1. The highest BCUT2D eigenvalue weighted by atomic mass is 19.4. The van der Waals surface area contributed by atoms with E-state index in [1.54, 1.807) is 18.1 Å². The number of aromatic nitrogens is 2. The molecule has 0 N–H and O–H groups in total. The lowest BCUT2D eigenvalue weighted by atomic mass is 9.91. The molecular weight excluding hydrogens is 493 g/mol. The van der Waals surface area contributed by atoms with Crippen LogP contribution in [-0.4, -0.2) is 53.5 Å². The van der Waals surface area contributed by atoms with Crippen LogP contribution in [0.5, 0.6) is 5.75 Å². The van der Waals surface area contributed by atoms with Crippen LogP contribution in [0.1, 0.15) is 34.9 Å². The van der Waals surface area contributed by atoms with E-state index in [2.05, 4.69) is 9.38 Å². The van der Waals surface area contributed by atoms with Gasteiger partial charge < -0.3 is 18.9 Å². The Morgan fingerprint density at radius 2 is 1.74 bits per heavy atom. The van der Waals surface area contributed by atoms with Gasteiger partial charge in [0.15, 0.2) is 0 Å². The molecule has 0 radical (unpaired) electrons. The first kappa shape index (κ1) is 25.6. The molecule has 9 heteroatoms. The van der Waals surface area contributed by atoms with E-state index in [0.29, 0.717) is 37.6 Å². The van der Waals surface area contributed by atoms with E-state index in [1.807, 2.05) is 60.5 Å². The second kappa shape index (κ2) is 10.4. The molecule has 2 aromatic heterocycles. The van der Waals surface area contributed by atoms with Gasteiger partial charge in [-0.3, -0.25) is 4.79 Å². The molecule has 0 spiro atoms. The van der Waals surface area contributed by atoms with Gasteiger partial charge in [-0.25, -0.2) is 4.98 Å². The molecule has 1 amide bonds. The van der Waals surface area contributed by atoms with E-state index in [-0.39, 0.29) is 18.2 Å². The summed E-state index contributed by atoms with van der Waals surface area (Å²) in [7, 11) is 1.62. The van der Waals surface area contributed by atoms with Crippen molar-refractivity contribution in [2.75, 3.05) is 38.2 Å². The van der Waals surface area contributed by atoms with Gasteiger partial charge in [0.05, 0.1) is 18.4 Å². The molecular formula is C29H29F3N4O2. The molecule has 1 aliphatic rings. The van der Waals surface area contributed by atoms with E-state index in [1.165, 1.54) is 12.1 Å². The van der Waals surface area contributed by atoms with Crippen molar-refractivity contribution in [2.45, 2.75) is 25.4 Å². The number of ether oxygens (including phenoxy) is 1. The molecule has 4 aromatic rings. The molecule has 6 nitrogen and oxygen atoms in total. The van der Waals surface area contributed by atoms with Crippen molar-refractivity contribution in [3.05, 3.63) is 95.4 Å². The number of para-hydroxylation sites is 1. The van der Waals surface area contributed by atoms with Gasteiger partial charge >= 0.3 is 6.18 Å². The number of fused-ring (bicyclic) bond motifs is 1. The Bertz CT molecular complexity index is 1440. The smallest absolute Gasteiger partial charge is 0.416 e. The Hall–Kier alpha value is -4.01. The Morgan fingerprint density at radius 1 is 1.00 bits per heavy atom. The maximum atomic E-state index is 13.6. The van der Waals surface area contributed by atoms with Gasteiger partial charge in [-0.2, -0.15) is 13.2 Å². The lowest BCUT2D eigenvalue weighted by Gasteiger charge is -2.37. The lowest BCUT2D eigenvalue weighted by Crippen LogP contribution is -2.49. The summed E-state index contributed by atoms with van der Waals surface area (Å²) in [4.78, 5) is 21.9. The number of hydrogen-bond donors (Lipinski definition) is 0. The number of carbonyl (C=O) groups excluding carboxylic acids is 1. The fourth-order valence-corrected chi connectivity index (χ4v) is 5.20. The summed E-state index contributed by atoms with van der Waals surface area (Å²) in [5.74, 6) is 0.382. The molecule has 5 rings (SSSR count). The molecule has 198 valence electrons. The van der Waals surface area contributed by atoms with E-state index in [4.69, 9.17) is 4.74 Å². The maximum Gasteiger partial charge on any atom is 0.416 e. The van der Waals surface area contributed by atoms with Crippen LogP contribution in [0.3, 0.4) is 0 Å². The van der Waals surface area contributed by atoms with Crippen LogP contribution in [-0.2, 0) is 11.0 Å². The molecule has 3 heterocycles. The number of anilines is 1. The monoisotopic (exact) mass is 522 g/mol. The Kier molecular flexibility index (Phi) is 7.01. The van der Waals surface area contributed by atoms with E-state index in [0.717, 1.165) is 28.7 Å². The van der Waals surface area contributed by atoms with Gasteiger partial charge in [0.25, 0.3) is 0 Å². The molecule has 1 fully saturated rings. The number of carbonyl (C=O) groups is 1. The number of pyridine rings is 1. The van der Waals surface area contributed by atoms with Crippen LogP contribution < -0.4 is 9.64 Å². The molecule has 1 unspecified atom stereocenters. The summed E-state index contributed by atoms with van der Waals surface area (Å²) in [6, 6.07) is 18.9. The quantitative estimate of drug-likeness (QED) is 0.334. The van der Waals surface area contributed by atoms with Crippen molar-refractivity contribution < 1.29 is 22.7 Å². The third kappa shape index (κ3) is 5.05. The molecule has 1 aliphatic heterocycles. The highest BCUT2D eigenvalue weighted by Crippen LogP contribution is 2.36. The van der Waals surface area contributed by atoms with Crippen molar-refractivity contribution in [3.63, 3.8) is 0 Å². The van der Waals surface area contributed by atoms with Crippen molar-refractivity contribution in [1.82, 2.24) is 14.3 Å². The molecule has 1 saturated heterocycles. The highest BCUT2D eigenvalue weighted by molar-refractivity contribution is 5.78. The zero-order valence-electron chi connectivity index (χ0n) is 21.3. The first-order chi connectivity index (χ1) is 18.3. The van der Waals surface area contributed by atoms with Crippen molar-refractivity contribution in [1.29, 1.82) is 0 Å². The van der Waals surface area contributed by atoms with Crippen molar-refractivity contribution >= 4 is 17.2 Å². The summed E-state index contributed by atoms with van der Waals surface area (Å²) >= 11 is 0. The fraction of sp³-hybridized carbons (Fsp3) is 0.310. The molecule has 0 saturated carbocycles. The zero-order chi connectivity index (χ0) is 26.9. The molecule has 2 aromatic carbocycles. The van der Waals surface area contributed by atoms with Crippen LogP contribution >= 0.6 is 0 Å². The minimum Gasteiger partial charge on any atom is -0.496 e. The minimum atomic E-state index is -4.39. The number of aryl methyl sites for hydroxylation is 1. The predicted molar refractivity (Wildman–Crippen MR) is 140 cm³/mol. The maximum absolute atomic E-state index is 13.6. The summed E-state index contributed by atoms with van der Waals surface area (Å²) in [5.41, 5.74) is 3.46. The average molecular weight is 523 g/mol. The number of piperazine rings is 1. The van der Waals surface area contributed by atoms with Crippen LogP contribution in [0.15, 0.2) is 72.9 Å². The predicted octanol–water partition coefficient (Wildman–Crippen LogP) is 5.54. The second-order valence-electron chi connectivity index (χ2n) is 9.46. The first-order valence-corrected chi connectivity index (χ1v) is 12.5. The zero-order valence-corrected chi connectivity index (χ0v) is 21.3. The second-order valence-corrected chi connectivity index (χ2v) is 9.46. The van der Waals surface area contributed by atoms with Crippen LogP contribution in [0.2, 0.25) is 0 Å². The van der Waals surface area contributed by atoms with Gasteiger partial charge in [0.2, 0.25) is 5.91 Å². The van der Waals surface area contributed by atoms with Crippen LogP contribution in [0.4, 0.5) is 18.9 Å². The van der Waals surface area contributed by atoms with Crippen molar-refractivity contribution in [2.24, 2.45) is 0 Å². The van der Waals surface area contributed by atoms with Crippen LogP contribution in [0, 0.1) is 6.92 Å². The minimum absolute atomic E-state index is 0.0202. The summed E-state index contributed by atoms with van der Waals surface area (Å²) in [6.45, 7) is 3.79. The number of methoxy groups -OCH3 is 1. The number of nitrogens with zero attached hydrogens (tertiary/aromatic N) is 4. The summed E-state index contributed by atoms with van der Waals surface area (Å²) < 4.78 is 47.2. The van der Waals surface area contributed by atoms with E-state index < -0.39 is 11.7 Å². The standard InChI is InChI=1S/C29H29F3N4O2/c1-20-7-5-12-27-33-19-25(36(20)27)24(23-10-3-4-11-26(23)38-2)18-28(37)35-15-13-34(14-16-35)22-9-6-8-21(17-22)29(30,31)32/h3-12,17,19,24H,13-16,18H2,1-2H3. The van der Waals surface area contributed by atoms with Gasteiger partial charge in [0, 0.05) is 61.7 Å². The number of rotatable bonds is 6. The van der Waals surface area contributed by atoms with Crippen molar-refractivity contribution in [3.8, 4) is 5.75 Å². The molecule has 0 bridgehead atoms. The third-order valence-electron chi connectivity index (χ3n) is 7.17. The first-order valence-electron chi connectivity index (χ1n) is 12.5. The number of alkyl halides is 3. The SMILES string of the molecule is COc1ccccc1C(CC(=O)N1CCN(c2cccc(C(F)(F)F)c2)CC1)c1cnc2cccc(C)n12.